The van der Waals surface area contributed by atoms with Crippen molar-refractivity contribution in [2.45, 2.75) is 6.42 Å². The number of aromatic nitrogens is 6. The zero-order valence-corrected chi connectivity index (χ0v) is 19.4. The zero-order valence-electron chi connectivity index (χ0n) is 19.4. The second-order valence-electron chi connectivity index (χ2n) is 8.54. The molecule has 180 valence electrons. The van der Waals surface area contributed by atoms with Crippen LogP contribution in [0.15, 0.2) is 67.1 Å². The van der Waals surface area contributed by atoms with Gasteiger partial charge in [0, 0.05) is 54.2 Å². The second kappa shape index (κ2) is 9.59. The average Bonchev–Trinajstić information content (AvgIpc) is 3.57. The Morgan fingerprint density at radius 1 is 1.06 bits per heavy atom. The van der Waals surface area contributed by atoms with E-state index in [1.54, 1.807) is 18.6 Å². The van der Waals surface area contributed by atoms with Gasteiger partial charge in [-0.25, -0.2) is 9.97 Å². The molecule has 0 unspecified atom stereocenters. The third kappa shape index (κ3) is 4.53. The van der Waals surface area contributed by atoms with Crippen LogP contribution < -0.4 is 10.2 Å². The van der Waals surface area contributed by atoms with Crippen LogP contribution in [-0.2, 0) is 16.0 Å². The van der Waals surface area contributed by atoms with E-state index in [9.17, 15) is 4.79 Å². The Kier molecular flexibility index (Phi) is 5.84. The summed E-state index contributed by atoms with van der Waals surface area (Å²) in [6.45, 7) is 2.97. The topological polar surface area (TPSA) is 125 Å². The van der Waals surface area contributed by atoms with Crippen LogP contribution in [0, 0.1) is 0 Å². The van der Waals surface area contributed by atoms with Gasteiger partial charge in [0.1, 0.15) is 11.3 Å². The molecule has 1 amide bonds. The minimum absolute atomic E-state index is 0.130. The Bertz CT molecular complexity index is 1490. The van der Waals surface area contributed by atoms with Crippen molar-refractivity contribution >= 4 is 28.4 Å². The highest BCUT2D eigenvalue weighted by Crippen LogP contribution is 2.27. The number of H-pyrrole nitrogens is 2. The number of carbonyl (C=O) groups is 1. The number of nitrogens with zero attached hydrogens (tertiary/aromatic N) is 5. The molecule has 0 radical (unpaired) electrons. The molecule has 1 aromatic carbocycles. The number of pyridine rings is 2. The van der Waals surface area contributed by atoms with Gasteiger partial charge in [0.25, 0.3) is 0 Å². The normalized spacial score (nSPS) is 13.7. The first-order valence-corrected chi connectivity index (χ1v) is 11.8. The van der Waals surface area contributed by atoms with Crippen molar-refractivity contribution in [1.29, 1.82) is 0 Å². The predicted octanol–water partition coefficient (Wildman–Crippen LogP) is 3.43. The standard InChI is InChI=1S/C26H24N8O2/c35-23(15-20-14-22(33-32-20)18-2-1-8-27-16-18)29-19-5-3-17(4-6-19)25-30-21-7-9-28-26(24(21)31-25)34-10-12-36-13-11-34/h1-9,14,16H,10-13,15H2,(H,29,35)(H,30,31)(H,32,33). The molecule has 0 aliphatic carbocycles. The van der Waals surface area contributed by atoms with Gasteiger partial charge in [-0.2, -0.15) is 5.10 Å². The first kappa shape index (κ1) is 21.9. The van der Waals surface area contributed by atoms with Gasteiger partial charge >= 0.3 is 0 Å². The van der Waals surface area contributed by atoms with E-state index in [0.717, 1.165) is 58.3 Å². The van der Waals surface area contributed by atoms with Crippen molar-refractivity contribution in [3.63, 3.8) is 0 Å². The number of rotatable bonds is 6. The molecule has 0 spiro atoms. The van der Waals surface area contributed by atoms with Gasteiger partial charge in [-0.15, -0.1) is 0 Å². The summed E-state index contributed by atoms with van der Waals surface area (Å²) < 4.78 is 5.46. The third-order valence-corrected chi connectivity index (χ3v) is 6.07. The van der Waals surface area contributed by atoms with Crippen LogP contribution >= 0.6 is 0 Å². The fourth-order valence-corrected chi connectivity index (χ4v) is 4.27. The predicted molar refractivity (Wildman–Crippen MR) is 137 cm³/mol. The minimum Gasteiger partial charge on any atom is -0.378 e. The third-order valence-electron chi connectivity index (χ3n) is 6.07. The number of benzene rings is 1. The van der Waals surface area contributed by atoms with E-state index in [1.165, 1.54) is 0 Å². The van der Waals surface area contributed by atoms with Gasteiger partial charge in [0.05, 0.1) is 30.8 Å². The SMILES string of the molecule is O=C(Cc1cc(-c2cccnc2)n[nH]1)Nc1ccc(-c2nc3c(N4CCOCC4)nccc3[nH]2)cc1. The molecule has 6 rings (SSSR count). The Morgan fingerprint density at radius 3 is 2.72 bits per heavy atom. The molecule has 10 nitrogen and oxygen atoms in total. The van der Waals surface area contributed by atoms with Crippen LogP contribution in [0.4, 0.5) is 11.5 Å². The molecule has 5 aromatic rings. The fourth-order valence-electron chi connectivity index (χ4n) is 4.27. The number of anilines is 2. The molecule has 5 heterocycles. The molecule has 1 aliphatic rings. The molecule has 0 atom stereocenters. The first-order valence-electron chi connectivity index (χ1n) is 11.8. The van der Waals surface area contributed by atoms with Crippen molar-refractivity contribution in [1.82, 2.24) is 30.1 Å². The number of hydrogen-bond acceptors (Lipinski definition) is 7. The number of aromatic amines is 2. The van der Waals surface area contributed by atoms with Crippen LogP contribution in [0.25, 0.3) is 33.7 Å². The fraction of sp³-hybridized carbons (Fsp3) is 0.192. The van der Waals surface area contributed by atoms with E-state index in [0.29, 0.717) is 18.9 Å². The summed E-state index contributed by atoms with van der Waals surface area (Å²) in [6.07, 6.45) is 5.44. The smallest absolute Gasteiger partial charge is 0.230 e. The number of ether oxygens (including phenoxy) is 1. The van der Waals surface area contributed by atoms with Crippen LogP contribution in [0.5, 0.6) is 0 Å². The number of hydrogen-bond donors (Lipinski definition) is 3. The molecule has 0 saturated carbocycles. The molecule has 0 bridgehead atoms. The van der Waals surface area contributed by atoms with E-state index >= 15 is 0 Å². The Labute approximate surface area is 206 Å². The van der Waals surface area contributed by atoms with Gasteiger partial charge in [0.15, 0.2) is 5.82 Å². The van der Waals surface area contributed by atoms with Gasteiger partial charge in [0.2, 0.25) is 5.91 Å². The Morgan fingerprint density at radius 2 is 1.92 bits per heavy atom. The van der Waals surface area contributed by atoms with E-state index in [2.05, 4.69) is 35.4 Å². The molecule has 1 aliphatic heterocycles. The van der Waals surface area contributed by atoms with E-state index in [-0.39, 0.29) is 12.3 Å². The number of imidazole rings is 1. The van der Waals surface area contributed by atoms with Crippen LogP contribution in [0.3, 0.4) is 0 Å². The van der Waals surface area contributed by atoms with Crippen molar-refractivity contribution < 1.29 is 9.53 Å². The summed E-state index contributed by atoms with van der Waals surface area (Å²) in [5.41, 5.74) is 5.80. The van der Waals surface area contributed by atoms with Gasteiger partial charge in [-0.05, 0) is 48.5 Å². The van der Waals surface area contributed by atoms with Gasteiger partial charge in [-0.3, -0.25) is 14.9 Å². The summed E-state index contributed by atoms with van der Waals surface area (Å²) in [4.78, 5) is 31.7. The number of morpholine rings is 1. The minimum atomic E-state index is -0.130. The molecule has 1 fully saturated rings. The maximum atomic E-state index is 12.6. The lowest BCUT2D eigenvalue weighted by molar-refractivity contribution is -0.115. The summed E-state index contributed by atoms with van der Waals surface area (Å²) >= 11 is 0. The van der Waals surface area contributed by atoms with Crippen LogP contribution in [0.2, 0.25) is 0 Å². The summed E-state index contributed by atoms with van der Waals surface area (Å²) in [7, 11) is 0. The first-order chi connectivity index (χ1) is 17.7. The van der Waals surface area contributed by atoms with Crippen LogP contribution in [-0.4, -0.2) is 62.3 Å². The number of amides is 1. The number of carbonyl (C=O) groups excluding carboxylic acids is 1. The summed E-state index contributed by atoms with van der Waals surface area (Å²) in [5, 5.41) is 10.1. The van der Waals surface area contributed by atoms with Gasteiger partial charge in [-0.1, -0.05) is 0 Å². The highest BCUT2D eigenvalue weighted by Gasteiger charge is 2.18. The zero-order chi connectivity index (χ0) is 24.3. The quantitative estimate of drug-likeness (QED) is 0.340. The molecule has 36 heavy (non-hydrogen) atoms. The molecular weight excluding hydrogens is 456 g/mol. The van der Waals surface area contributed by atoms with Crippen LogP contribution in [0.1, 0.15) is 5.69 Å². The summed E-state index contributed by atoms with van der Waals surface area (Å²) in [6, 6.07) is 15.2. The van der Waals surface area contributed by atoms with E-state index in [1.807, 2.05) is 48.5 Å². The Balaban J connectivity index is 1.14. The molecular formula is C26H24N8O2. The lowest BCUT2D eigenvalue weighted by atomic mass is 10.1. The second-order valence-corrected chi connectivity index (χ2v) is 8.54. The van der Waals surface area contributed by atoms with Crippen molar-refractivity contribution in [3.05, 3.63) is 72.8 Å². The largest absolute Gasteiger partial charge is 0.378 e. The lowest BCUT2D eigenvalue weighted by Gasteiger charge is -2.27. The van der Waals surface area contributed by atoms with Crippen molar-refractivity contribution in [3.8, 4) is 22.6 Å². The lowest BCUT2D eigenvalue weighted by Crippen LogP contribution is -2.36. The Hall–Kier alpha value is -4.57. The maximum Gasteiger partial charge on any atom is 0.230 e. The molecule has 10 heteroatoms. The highest BCUT2D eigenvalue weighted by atomic mass is 16.5. The highest BCUT2D eigenvalue weighted by molar-refractivity contribution is 5.93. The van der Waals surface area contributed by atoms with Gasteiger partial charge < -0.3 is 19.9 Å². The monoisotopic (exact) mass is 480 g/mol. The average molecular weight is 481 g/mol. The van der Waals surface area contributed by atoms with Crippen molar-refractivity contribution in [2.24, 2.45) is 0 Å². The van der Waals surface area contributed by atoms with E-state index in [4.69, 9.17) is 9.72 Å². The van der Waals surface area contributed by atoms with Crippen molar-refractivity contribution in [2.75, 3.05) is 36.5 Å². The number of nitrogens with one attached hydrogen (secondary N) is 3. The number of fused-ring (bicyclic) bond motifs is 1. The molecule has 1 saturated heterocycles. The maximum absolute atomic E-state index is 12.6. The molecule has 4 aromatic heterocycles. The summed E-state index contributed by atoms with van der Waals surface area (Å²) in [5.74, 6) is 1.49. The van der Waals surface area contributed by atoms with E-state index < -0.39 is 0 Å². The molecule has 3 N–H and O–H groups in total.